The van der Waals surface area contributed by atoms with Gasteiger partial charge in [-0.05, 0) is 30.0 Å². The molecule has 2 rings (SSSR count). The minimum Gasteiger partial charge on any atom is -0.325 e. The molecule has 0 saturated carbocycles. The first-order valence-corrected chi connectivity index (χ1v) is 7.87. The fraction of sp³-hybridized carbons (Fsp3) is 0.250. The minimum absolute atomic E-state index is 0.0582. The van der Waals surface area contributed by atoms with Crippen LogP contribution in [0, 0.1) is 5.92 Å². The Hall–Kier alpha value is -2.35. The SMILES string of the molecule is CCC(CC)C(=O)NC(=Cc1ccccc1)c1ccccc1. The number of benzene rings is 2. The Kier molecular flexibility index (Phi) is 5.96. The summed E-state index contributed by atoms with van der Waals surface area (Å²) in [6, 6.07) is 20.0. The molecule has 2 aromatic carbocycles. The normalized spacial score (nSPS) is 11.5. The van der Waals surface area contributed by atoms with Crippen LogP contribution in [0.25, 0.3) is 11.8 Å². The number of rotatable bonds is 6. The second-order valence-corrected chi connectivity index (χ2v) is 5.34. The second kappa shape index (κ2) is 8.18. The van der Waals surface area contributed by atoms with Crippen LogP contribution in [0.4, 0.5) is 0 Å². The van der Waals surface area contributed by atoms with Crippen LogP contribution in [-0.4, -0.2) is 5.91 Å². The summed E-state index contributed by atoms with van der Waals surface area (Å²) in [6.07, 6.45) is 3.74. The standard InChI is InChI=1S/C20H23NO/c1-3-17(4-2)20(22)21-19(18-13-9-6-10-14-18)15-16-11-7-5-8-12-16/h5-15,17H,3-4H2,1-2H3,(H,21,22). The van der Waals surface area contributed by atoms with E-state index in [9.17, 15) is 4.79 Å². The number of carbonyl (C=O) groups excluding carboxylic acids is 1. The molecule has 0 heterocycles. The fourth-order valence-corrected chi connectivity index (χ4v) is 2.42. The van der Waals surface area contributed by atoms with Crippen molar-refractivity contribution in [3.05, 3.63) is 71.8 Å². The molecule has 2 nitrogen and oxygen atoms in total. The lowest BCUT2D eigenvalue weighted by Crippen LogP contribution is -2.28. The van der Waals surface area contributed by atoms with E-state index < -0.39 is 0 Å². The van der Waals surface area contributed by atoms with Crippen molar-refractivity contribution in [2.75, 3.05) is 0 Å². The van der Waals surface area contributed by atoms with E-state index in [0.717, 1.165) is 29.7 Å². The largest absolute Gasteiger partial charge is 0.325 e. The molecule has 0 unspecified atom stereocenters. The van der Waals surface area contributed by atoms with Crippen LogP contribution in [0.15, 0.2) is 60.7 Å². The van der Waals surface area contributed by atoms with Gasteiger partial charge in [0.1, 0.15) is 0 Å². The molecule has 2 heteroatoms. The lowest BCUT2D eigenvalue weighted by Gasteiger charge is -2.16. The van der Waals surface area contributed by atoms with Crippen LogP contribution in [-0.2, 0) is 4.79 Å². The zero-order valence-electron chi connectivity index (χ0n) is 13.3. The summed E-state index contributed by atoms with van der Waals surface area (Å²) in [5.74, 6) is 0.152. The van der Waals surface area contributed by atoms with Crippen molar-refractivity contribution in [1.29, 1.82) is 0 Å². The van der Waals surface area contributed by atoms with E-state index in [2.05, 4.69) is 19.2 Å². The molecular formula is C20H23NO. The van der Waals surface area contributed by atoms with E-state index >= 15 is 0 Å². The zero-order valence-corrected chi connectivity index (χ0v) is 13.3. The molecule has 114 valence electrons. The fourth-order valence-electron chi connectivity index (χ4n) is 2.42. The molecule has 0 aromatic heterocycles. The highest BCUT2D eigenvalue weighted by molar-refractivity contribution is 5.93. The average Bonchev–Trinajstić information content (AvgIpc) is 2.57. The van der Waals surface area contributed by atoms with Gasteiger partial charge in [-0.2, -0.15) is 0 Å². The first kappa shape index (κ1) is 16.0. The average molecular weight is 293 g/mol. The molecule has 22 heavy (non-hydrogen) atoms. The molecule has 2 aromatic rings. The Labute approximate surface area is 132 Å². The second-order valence-electron chi connectivity index (χ2n) is 5.34. The first-order chi connectivity index (χ1) is 10.7. The lowest BCUT2D eigenvalue weighted by atomic mass is 10.0. The summed E-state index contributed by atoms with van der Waals surface area (Å²) in [5.41, 5.74) is 2.94. The van der Waals surface area contributed by atoms with Gasteiger partial charge in [0.2, 0.25) is 5.91 Å². The summed E-state index contributed by atoms with van der Waals surface area (Å²) in [5, 5.41) is 3.11. The van der Waals surface area contributed by atoms with Crippen molar-refractivity contribution in [1.82, 2.24) is 5.32 Å². The number of hydrogen-bond acceptors (Lipinski definition) is 1. The third kappa shape index (κ3) is 4.32. The predicted octanol–water partition coefficient (Wildman–Crippen LogP) is 4.74. The van der Waals surface area contributed by atoms with E-state index in [-0.39, 0.29) is 11.8 Å². The molecule has 0 aliphatic carbocycles. The van der Waals surface area contributed by atoms with Gasteiger partial charge in [0, 0.05) is 11.6 Å². The summed E-state index contributed by atoms with van der Waals surface area (Å²) in [6.45, 7) is 4.10. The Morgan fingerprint density at radius 2 is 1.50 bits per heavy atom. The highest BCUT2D eigenvalue weighted by Crippen LogP contribution is 2.17. The Morgan fingerprint density at radius 1 is 0.955 bits per heavy atom. The molecule has 1 N–H and O–H groups in total. The van der Waals surface area contributed by atoms with Crippen LogP contribution < -0.4 is 5.32 Å². The number of amides is 1. The number of carbonyl (C=O) groups is 1. The van der Waals surface area contributed by atoms with Gasteiger partial charge in [-0.25, -0.2) is 0 Å². The van der Waals surface area contributed by atoms with E-state index in [1.165, 1.54) is 0 Å². The smallest absolute Gasteiger partial charge is 0.227 e. The molecule has 1 amide bonds. The predicted molar refractivity (Wildman–Crippen MR) is 93.0 cm³/mol. The Morgan fingerprint density at radius 3 is 2.05 bits per heavy atom. The number of hydrogen-bond donors (Lipinski definition) is 1. The van der Waals surface area contributed by atoms with Gasteiger partial charge in [-0.1, -0.05) is 74.5 Å². The third-order valence-electron chi connectivity index (χ3n) is 3.81. The van der Waals surface area contributed by atoms with E-state index in [1.54, 1.807) is 0 Å². The van der Waals surface area contributed by atoms with Crippen molar-refractivity contribution >= 4 is 17.7 Å². The minimum atomic E-state index is 0.0582. The maximum atomic E-state index is 12.4. The van der Waals surface area contributed by atoms with Crippen molar-refractivity contribution in [3.63, 3.8) is 0 Å². The van der Waals surface area contributed by atoms with Crippen molar-refractivity contribution < 1.29 is 4.79 Å². The lowest BCUT2D eigenvalue weighted by molar-refractivity contribution is -0.123. The van der Waals surface area contributed by atoms with E-state index in [4.69, 9.17) is 0 Å². The molecule has 0 saturated heterocycles. The molecule has 0 bridgehead atoms. The van der Waals surface area contributed by atoms with Gasteiger partial charge in [-0.15, -0.1) is 0 Å². The van der Waals surface area contributed by atoms with Crippen LogP contribution in [0.1, 0.15) is 37.8 Å². The maximum Gasteiger partial charge on any atom is 0.227 e. The van der Waals surface area contributed by atoms with Crippen molar-refractivity contribution in [2.45, 2.75) is 26.7 Å². The third-order valence-corrected chi connectivity index (χ3v) is 3.81. The molecule has 0 fully saturated rings. The van der Waals surface area contributed by atoms with Gasteiger partial charge in [0.15, 0.2) is 0 Å². The molecule has 0 aliphatic rings. The Bertz CT molecular complexity index is 613. The van der Waals surface area contributed by atoms with Crippen molar-refractivity contribution in [3.8, 4) is 0 Å². The van der Waals surface area contributed by atoms with Crippen LogP contribution in [0.3, 0.4) is 0 Å². The summed E-state index contributed by atoms with van der Waals surface area (Å²) in [4.78, 5) is 12.4. The van der Waals surface area contributed by atoms with Crippen LogP contribution in [0.5, 0.6) is 0 Å². The van der Waals surface area contributed by atoms with Gasteiger partial charge in [0.25, 0.3) is 0 Å². The van der Waals surface area contributed by atoms with Gasteiger partial charge in [0.05, 0.1) is 0 Å². The maximum absolute atomic E-state index is 12.4. The molecule has 0 atom stereocenters. The monoisotopic (exact) mass is 293 g/mol. The molecule has 0 aliphatic heterocycles. The summed E-state index contributed by atoms with van der Waals surface area (Å²) < 4.78 is 0. The van der Waals surface area contributed by atoms with E-state index in [1.807, 2.05) is 66.7 Å². The first-order valence-electron chi connectivity index (χ1n) is 7.87. The highest BCUT2D eigenvalue weighted by atomic mass is 16.1. The topological polar surface area (TPSA) is 29.1 Å². The molecular weight excluding hydrogens is 270 g/mol. The van der Waals surface area contributed by atoms with Crippen LogP contribution in [0.2, 0.25) is 0 Å². The van der Waals surface area contributed by atoms with Gasteiger partial charge < -0.3 is 5.32 Å². The number of nitrogens with one attached hydrogen (secondary N) is 1. The zero-order chi connectivity index (χ0) is 15.8. The van der Waals surface area contributed by atoms with Crippen LogP contribution >= 0.6 is 0 Å². The summed E-state index contributed by atoms with van der Waals surface area (Å²) >= 11 is 0. The molecule has 0 radical (unpaired) electrons. The summed E-state index contributed by atoms with van der Waals surface area (Å²) in [7, 11) is 0. The van der Waals surface area contributed by atoms with Gasteiger partial charge in [-0.3, -0.25) is 4.79 Å². The Balaban J connectivity index is 2.31. The van der Waals surface area contributed by atoms with Crippen molar-refractivity contribution in [2.24, 2.45) is 5.92 Å². The quantitative estimate of drug-likeness (QED) is 0.766. The molecule has 0 spiro atoms. The highest BCUT2D eigenvalue weighted by Gasteiger charge is 2.15. The van der Waals surface area contributed by atoms with E-state index in [0.29, 0.717) is 0 Å². The van der Waals surface area contributed by atoms with Gasteiger partial charge >= 0.3 is 0 Å².